The summed E-state index contributed by atoms with van der Waals surface area (Å²) < 4.78 is 77.7. The van der Waals surface area contributed by atoms with Crippen molar-refractivity contribution in [1.29, 1.82) is 0 Å². The Morgan fingerprint density at radius 2 is 1.79 bits per heavy atom. The molecule has 4 unspecified atom stereocenters. The predicted molar refractivity (Wildman–Crippen MR) is 229 cm³/mol. The van der Waals surface area contributed by atoms with Crippen molar-refractivity contribution < 1.29 is 36.9 Å². The molecule has 5 aliphatic rings. The highest BCUT2D eigenvalue weighted by Gasteiger charge is 2.56. The minimum absolute atomic E-state index is 0.0154. The number of carbonyl (C=O) groups is 1. The van der Waals surface area contributed by atoms with Gasteiger partial charge in [-0.05, 0) is 66.7 Å². The van der Waals surface area contributed by atoms with Crippen LogP contribution < -0.4 is 14.4 Å². The summed E-state index contributed by atoms with van der Waals surface area (Å²) in [5, 5.41) is 11.1. The van der Waals surface area contributed by atoms with Crippen LogP contribution in [0.2, 0.25) is 16.6 Å². The molecule has 0 saturated carbocycles. The topological polar surface area (TPSA) is 104 Å². The minimum atomic E-state index is -3.09. The van der Waals surface area contributed by atoms with E-state index in [-0.39, 0.29) is 75.2 Å². The SMILES string of the molecule is C=C1CCN2CCC[C@]12COc1nc2c3c(nc(-c4cccc5ccc(F)c(C#C[Si](C(C)C)(C(C)C)C(C)C)c45)c(F)c3n1)OC(C(F)F)C1C3CCC(CN21)N3C(=O)O. The van der Waals surface area contributed by atoms with Crippen LogP contribution in [0.5, 0.6) is 11.9 Å². The lowest BCUT2D eigenvalue weighted by Gasteiger charge is -2.47. The number of halogens is 4. The Labute approximate surface area is 354 Å². The molecular formula is C46H52F4N6O4Si. The first-order valence-corrected chi connectivity index (χ1v) is 23.8. The number of ether oxygens (including phenoxy) is 2. The zero-order valence-corrected chi connectivity index (χ0v) is 36.4. The zero-order chi connectivity index (χ0) is 43.3. The third kappa shape index (κ3) is 6.28. The van der Waals surface area contributed by atoms with E-state index in [1.54, 1.807) is 29.2 Å². The van der Waals surface area contributed by atoms with E-state index in [0.717, 1.165) is 37.9 Å². The Kier molecular flexibility index (Phi) is 10.3. The van der Waals surface area contributed by atoms with Crippen molar-refractivity contribution in [2.75, 3.05) is 31.1 Å². The molecule has 1 amide bonds. The maximum absolute atomic E-state index is 17.8. The molecule has 10 nitrogen and oxygen atoms in total. The van der Waals surface area contributed by atoms with Gasteiger partial charge in [-0.1, -0.05) is 83.9 Å². The molecule has 9 rings (SSSR count). The predicted octanol–water partition coefficient (Wildman–Crippen LogP) is 9.59. The lowest BCUT2D eigenvalue weighted by Crippen LogP contribution is -2.66. The number of amides is 1. The van der Waals surface area contributed by atoms with Crippen molar-refractivity contribution in [2.24, 2.45) is 0 Å². The largest absolute Gasteiger partial charge is 0.465 e. The highest BCUT2D eigenvalue weighted by atomic mass is 28.3. The number of anilines is 1. The first-order chi connectivity index (χ1) is 29.1. The number of benzene rings is 2. The van der Waals surface area contributed by atoms with Gasteiger partial charge in [0, 0.05) is 24.0 Å². The van der Waals surface area contributed by atoms with Crippen molar-refractivity contribution in [2.45, 2.75) is 126 Å². The summed E-state index contributed by atoms with van der Waals surface area (Å²) in [7, 11) is -2.37. The minimum Gasteiger partial charge on any atom is -0.465 e. The van der Waals surface area contributed by atoms with Crippen LogP contribution in [0, 0.1) is 23.1 Å². The number of aromatic nitrogens is 3. The monoisotopic (exact) mass is 856 g/mol. The summed E-state index contributed by atoms with van der Waals surface area (Å²) in [5.41, 5.74) is 4.73. The fourth-order valence-corrected chi connectivity index (χ4v) is 17.0. The fraction of sp³-hybridized carbons (Fsp3) is 0.522. The van der Waals surface area contributed by atoms with E-state index in [1.165, 1.54) is 11.0 Å². The zero-order valence-electron chi connectivity index (χ0n) is 35.4. The van der Waals surface area contributed by atoms with Crippen LogP contribution in [-0.2, 0) is 0 Å². The van der Waals surface area contributed by atoms with Gasteiger partial charge in [-0.2, -0.15) is 9.97 Å². The normalized spacial score (nSPS) is 24.8. The van der Waals surface area contributed by atoms with Crippen LogP contribution >= 0.6 is 0 Å². The molecule has 5 atom stereocenters. The second kappa shape index (κ2) is 15.1. The Morgan fingerprint density at radius 3 is 2.49 bits per heavy atom. The van der Waals surface area contributed by atoms with Crippen LogP contribution in [0.15, 0.2) is 42.5 Å². The molecule has 15 heteroatoms. The highest BCUT2D eigenvalue weighted by molar-refractivity contribution is 6.90. The maximum atomic E-state index is 17.8. The Balaban J connectivity index is 1.28. The van der Waals surface area contributed by atoms with Gasteiger partial charge in [-0.3, -0.25) is 9.80 Å². The number of rotatable bonds is 8. The molecule has 4 aromatic rings. The highest BCUT2D eigenvalue weighted by Crippen LogP contribution is 2.49. The maximum Gasteiger partial charge on any atom is 0.407 e. The summed E-state index contributed by atoms with van der Waals surface area (Å²) in [6, 6.07) is 5.31. The molecule has 2 bridgehead atoms. The van der Waals surface area contributed by atoms with E-state index in [0.29, 0.717) is 23.6 Å². The number of alkyl halides is 2. The number of hydrogen-bond acceptors (Lipinski definition) is 8. The molecule has 61 heavy (non-hydrogen) atoms. The fourth-order valence-electron chi connectivity index (χ4n) is 11.8. The molecule has 322 valence electrons. The van der Waals surface area contributed by atoms with Crippen LogP contribution in [0.1, 0.15) is 79.2 Å². The van der Waals surface area contributed by atoms with Crippen LogP contribution in [-0.4, -0.2) is 106 Å². The Bertz CT molecular complexity index is 2510. The van der Waals surface area contributed by atoms with Crippen molar-refractivity contribution in [1.82, 2.24) is 24.8 Å². The van der Waals surface area contributed by atoms with E-state index in [2.05, 4.69) is 74.5 Å². The summed E-state index contributed by atoms with van der Waals surface area (Å²) in [4.78, 5) is 32.0. The van der Waals surface area contributed by atoms with Crippen LogP contribution in [0.3, 0.4) is 0 Å². The third-order valence-electron chi connectivity index (χ3n) is 14.7. The molecule has 0 radical (unpaired) electrons. The standard InChI is InChI=1S/C46H52F4N6O4Si/c1-24(2)61(25(3)4,26(5)6)21-17-30-32(47)14-12-28-10-8-11-31(34(28)30)37-36(48)38-35-42(53-44(52-38)59-23-46-18-9-19-54(46)20-16-27(46)7)55-22-29-13-15-33(56(29)45(57)58)39(55)40(41(49)50)60-43(35)51-37/h8,10-12,14,24-26,29,33,39-41H,7,9,13,15-16,18-20,22-23H2,1-6H3,(H,57,58)/t29?,33?,39?,40?,46-/m0/s1. The van der Waals surface area contributed by atoms with Gasteiger partial charge in [0.05, 0.1) is 29.2 Å². The van der Waals surface area contributed by atoms with Gasteiger partial charge in [0.25, 0.3) is 6.43 Å². The lowest BCUT2D eigenvalue weighted by molar-refractivity contribution is -0.0268. The second-order valence-electron chi connectivity index (χ2n) is 18.4. The van der Waals surface area contributed by atoms with E-state index < -0.39 is 62.0 Å². The Morgan fingerprint density at radius 1 is 1.03 bits per heavy atom. The van der Waals surface area contributed by atoms with Gasteiger partial charge in [-0.25, -0.2) is 27.3 Å². The number of piperazine rings is 1. The van der Waals surface area contributed by atoms with Gasteiger partial charge in [0.2, 0.25) is 5.88 Å². The van der Waals surface area contributed by atoms with Gasteiger partial charge in [0.15, 0.2) is 11.9 Å². The molecule has 4 fully saturated rings. The quantitative estimate of drug-likeness (QED) is 0.0804. The van der Waals surface area contributed by atoms with Crippen molar-refractivity contribution in [3.8, 4) is 34.6 Å². The van der Waals surface area contributed by atoms with Gasteiger partial charge in [-0.15, -0.1) is 5.54 Å². The van der Waals surface area contributed by atoms with Gasteiger partial charge >= 0.3 is 12.1 Å². The number of nitrogens with zero attached hydrogens (tertiary/aromatic N) is 6. The van der Waals surface area contributed by atoms with E-state index in [1.807, 2.05) is 0 Å². The summed E-state index contributed by atoms with van der Waals surface area (Å²) in [6.45, 7) is 19.3. The number of fused-ring (bicyclic) bond motifs is 7. The van der Waals surface area contributed by atoms with E-state index in [4.69, 9.17) is 14.5 Å². The molecule has 5 aliphatic heterocycles. The van der Waals surface area contributed by atoms with E-state index >= 15 is 17.6 Å². The van der Waals surface area contributed by atoms with Crippen LogP contribution in [0.4, 0.5) is 28.2 Å². The molecule has 2 aromatic heterocycles. The number of carboxylic acid groups (broad SMARTS) is 1. The molecule has 2 aromatic carbocycles. The molecule has 7 heterocycles. The van der Waals surface area contributed by atoms with Crippen LogP contribution in [0.25, 0.3) is 32.9 Å². The first kappa shape index (κ1) is 41.4. The van der Waals surface area contributed by atoms with Crippen molar-refractivity contribution in [3.05, 3.63) is 59.7 Å². The smallest absolute Gasteiger partial charge is 0.407 e. The average molecular weight is 857 g/mol. The summed E-state index contributed by atoms with van der Waals surface area (Å²) in [6.07, 6.45) is -2.80. The summed E-state index contributed by atoms with van der Waals surface area (Å²) in [5.74, 6) is 1.54. The van der Waals surface area contributed by atoms with E-state index in [9.17, 15) is 9.90 Å². The molecule has 4 saturated heterocycles. The summed E-state index contributed by atoms with van der Waals surface area (Å²) >= 11 is 0. The molecule has 0 aliphatic carbocycles. The van der Waals surface area contributed by atoms with Crippen molar-refractivity contribution >= 4 is 41.7 Å². The molecular weight excluding hydrogens is 805 g/mol. The lowest BCUT2D eigenvalue weighted by atomic mass is 9.91. The first-order valence-electron chi connectivity index (χ1n) is 21.5. The van der Waals surface area contributed by atoms with Gasteiger partial charge in [0.1, 0.15) is 42.9 Å². The van der Waals surface area contributed by atoms with Crippen molar-refractivity contribution in [3.63, 3.8) is 0 Å². The van der Waals surface area contributed by atoms with Gasteiger partial charge < -0.3 is 19.5 Å². The molecule has 1 N–H and O–H groups in total. The number of hydrogen-bond donors (Lipinski definition) is 1. The molecule has 0 spiro atoms. The Hall–Kier alpha value is -4.94. The second-order valence-corrected chi connectivity index (χ2v) is 24.0. The number of pyridine rings is 1. The third-order valence-corrected chi connectivity index (χ3v) is 21.0. The average Bonchev–Trinajstić information content (AvgIpc) is 3.85.